The highest BCUT2D eigenvalue weighted by atomic mass is 32.2. The number of hydrogen-bond acceptors (Lipinski definition) is 6. The van der Waals surface area contributed by atoms with Crippen molar-refractivity contribution in [3.63, 3.8) is 0 Å². The highest BCUT2D eigenvalue weighted by molar-refractivity contribution is 8.00. The predicted molar refractivity (Wildman–Crippen MR) is 132 cm³/mol. The fraction of sp³-hybridized carbons (Fsp3) is 0.360. The van der Waals surface area contributed by atoms with Crippen molar-refractivity contribution in [2.75, 3.05) is 11.8 Å². The lowest BCUT2D eigenvalue weighted by atomic mass is 9.71. The van der Waals surface area contributed by atoms with Gasteiger partial charge in [0, 0.05) is 22.9 Å². The van der Waals surface area contributed by atoms with Crippen molar-refractivity contribution in [1.29, 1.82) is 0 Å². The summed E-state index contributed by atoms with van der Waals surface area (Å²) in [5.41, 5.74) is 2.86. The van der Waals surface area contributed by atoms with E-state index in [2.05, 4.69) is 47.8 Å². The van der Waals surface area contributed by atoms with Crippen LogP contribution in [-0.2, 0) is 0 Å². The first-order valence-electron chi connectivity index (χ1n) is 10.9. The van der Waals surface area contributed by atoms with Crippen molar-refractivity contribution >= 4 is 34.9 Å². The topological polar surface area (TPSA) is 71.5 Å². The minimum absolute atomic E-state index is 0.139. The Morgan fingerprint density at radius 3 is 2.55 bits per heavy atom. The van der Waals surface area contributed by atoms with Crippen LogP contribution in [0.1, 0.15) is 61.4 Å². The molecule has 0 atom stereocenters. The molecule has 1 fully saturated rings. The van der Waals surface area contributed by atoms with Gasteiger partial charge in [0.15, 0.2) is 11.6 Å². The fourth-order valence-corrected chi connectivity index (χ4v) is 5.77. The summed E-state index contributed by atoms with van der Waals surface area (Å²) in [7, 11) is 1.30. The number of aromatic carboxylic acids is 1. The number of carbonyl (C=O) groups is 1. The van der Waals surface area contributed by atoms with Crippen LogP contribution in [0.25, 0.3) is 10.6 Å². The second-order valence-corrected chi connectivity index (χ2v) is 10.8. The van der Waals surface area contributed by atoms with Gasteiger partial charge in [-0.2, -0.15) is 0 Å². The Morgan fingerprint density at radius 1 is 1.21 bits per heavy atom. The van der Waals surface area contributed by atoms with Crippen molar-refractivity contribution < 1.29 is 19.0 Å². The van der Waals surface area contributed by atoms with Gasteiger partial charge in [0.05, 0.1) is 18.4 Å². The molecule has 1 saturated carbocycles. The molecule has 1 heterocycles. The Morgan fingerprint density at radius 2 is 1.91 bits per heavy atom. The Balaban J connectivity index is 1.42. The summed E-state index contributed by atoms with van der Waals surface area (Å²) in [5, 5.41) is 12.7. The van der Waals surface area contributed by atoms with Gasteiger partial charge in [0.2, 0.25) is 0 Å². The molecule has 0 aliphatic heterocycles. The van der Waals surface area contributed by atoms with Crippen molar-refractivity contribution in [1.82, 2.24) is 4.98 Å². The predicted octanol–water partition coefficient (Wildman–Crippen LogP) is 7.46. The standard InChI is InChI=1S/C25H27FN2O3S2/c1-25(2)12-10-16(11-13-25)15-4-6-17(7-5-15)23-27-20(14-32-23)33-28-19-9-8-18(24(29)30)21(26)22(19)31-3/h4-9,14,16,28H,10-13H2,1-3H3,(H,29,30). The number of anilines is 1. The second-order valence-electron chi connectivity index (χ2n) is 9.07. The molecule has 33 heavy (non-hydrogen) atoms. The third-order valence-electron chi connectivity index (χ3n) is 6.25. The number of thiazole rings is 1. The van der Waals surface area contributed by atoms with Gasteiger partial charge in [-0.05, 0) is 54.7 Å². The molecule has 0 radical (unpaired) electrons. The second kappa shape index (κ2) is 9.73. The Labute approximate surface area is 201 Å². The summed E-state index contributed by atoms with van der Waals surface area (Å²) in [6.45, 7) is 4.72. The largest absolute Gasteiger partial charge is 0.492 e. The average molecular weight is 487 g/mol. The third kappa shape index (κ3) is 5.33. The van der Waals surface area contributed by atoms with Gasteiger partial charge < -0.3 is 14.6 Å². The summed E-state index contributed by atoms with van der Waals surface area (Å²) in [4.78, 5) is 15.8. The van der Waals surface area contributed by atoms with E-state index >= 15 is 0 Å². The van der Waals surface area contributed by atoms with Gasteiger partial charge >= 0.3 is 5.97 Å². The Hall–Kier alpha value is -2.58. The smallest absolute Gasteiger partial charge is 0.338 e. The summed E-state index contributed by atoms with van der Waals surface area (Å²) in [6.07, 6.45) is 5.03. The van der Waals surface area contributed by atoms with Crippen LogP contribution in [0.5, 0.6) is 5.75 Å². The molecule has 2 aromatic carbocycles. The quantitative estimate of drug-likeness (QED) is 0.338. The van der Waals surface area contributed by atoms with E-state index in [-0.39, 0.29) is 5.75 Å². The summed E-state index contributed by atoms with van der Waals surface area (Å²) >= 11 is 2.77. The summed E-state index contributed by atoms with van der Waals surface area (Å²) in [6, 6.07) is 11.4. The number of halogens is 1. The van der Waals surface area contributed by atoms with Crippen LogP contribution in [0.3, 0.4) is 0 Å². The summed E-state index contributed by atoms with van der Waals surface area (Å²) in [5.74, 6) is -1.75. The zero-order chi connectivity index (χ0) is 23.6. The third-order valence-corrected chi connectivity index (χ3v) is 8.03. The van der Waals surface area contributed by atoms with Gasteiger partial charge in [-0.1, -0.05) is 38.1 Å². The van der Waals surface area contributed by atoms with E-state index in [0.29, 0.717) is 17.0 Å². The molecule has 0 saturated heterocycles. The van der Waals surface area contributed by atoms with E-state index in [0.717, 1.165) is 15.6 Å². The monoisotopic (exact) mass is 486 g/mol. The minimum atomic E-state index is -1.34. The highest BCUT2D eigenvalue weighted by Gasteiger charge is 2.27. The normalized spacial score (nSPS) is 15.9. The maximum Gasteiger partial charge on any atom is 0.338 e. The van der Waals surface area contributed by atoms with Crippen molar-refractivity contribution in [3.05, 3.63) is 58.7 Å². The number of carboxylic acids is 1. The zero-order valence-electron chi connectivity index (χ0n) is 18.9. The van der Waals surface area contributed by atoms with Gasteiger partial charge in [-0.25, -0.2) is 14.2 Å². The van der Waals surface area contributed by atoms with E-state index in [4.69, 9.17) is 9.84 Å². The van der Waals surface area contributed by atoms with Crippen LogP contribution in [0, 0.1) is 11.2 Å². The molecule has 5 nitrogen and oxygen atoms in total. The molecule has 3 aromatic rings. The number of carboxylic acid groups (broad SMARTS) is 1. The molecule has 0 unspecified atom stereocenters. The number of hydrogen-bond donors (Lipinski definition) is 2. The first kappa shape index (κ1) is 23.6. The lowest BCUT2D eigenvalue weighted by Gasteiger charge is -2.34. The summed E-state index contributed by atoms with van der Waals surface area (Å²) < 4.78 is 22.5. The number of aromatic nitrogens is 1. The zero-order valence-corrected chi connectivity index (χ0v) is 20.5. The van der Waals surface area contributed by atoms with Gasteiger partial charge in [0.1, 0.15) is 10.0 Å². The Kier molecular flexibility index (Phi) is 6.95. The molecule has 0 bridgehead atoms. The molecule has 1 aliphatic rings. The molecule has 0 spiro atoms. The number of nitrogens with one attached hydrogen (secondary N) is 1. The fourth-order valence-electron chi connectivity index (χ4n) is 4.18. The molecular weight excluding hydrogens is 459 g/mol. The van der Waals surface area contributed by atoms with E-state index in [1.165, 1.54) is 62.4 Å². The SMILES string of the molecule is COc1c(NSc2csc(-c3ccc(C4CCC(C)(C)CC4)cc3)n2)ccc(C(=O)O)c1F. The number of benzene rings is 2. The first-order valence-corrected chi connectivity index (χ1v) is 12.6. The maximum atomic E-state index is 14.4. The molecule has 2 N–H and O–H groups in total. The number of nitrogens with zero attached hydrogens (tertiary/aromatic N) is 1. The maximum absolute atomic E-state index is 14.4. The highest BCUT2D eigenvalue weighted by Crippen LogP contribution is 2.43. The van der Waals surface area contributed by atoms with Crippen LogP contribution in [0.4, 0.5) is 10.1 Å². The van der Waals surface area contributed by atoms with Crippen LogP contribution in [-0.4, -0.2) is 23.2 Å². The van der Waals surface area contributed by atoms with Crippen molar-refractivity contribution in [3.8, 4) is 16.3 Å². The molecule has 0 amide bonds. The van der Waals surface area contributed by atoms with Crippen LogP contribution in [0.2, 0.25) is 0 Å². The molecule has 1 aliphatic carbocycles. The van der Waals surface area contributed by atoms with E-state index in [9.17, 15) is 9.18 Å². The molecular formula is C25H27FN2O3S2. The number of rotatable bonds is 7. The molecule has 1 aromatic heterocycles. The van der Waals surface area contributed by atoms with E-state index < -0.39 is 17.3 Å². The van der Waals surface area contributed by atoms with Crippen LogP contribution in [0.15, 0.2) is 46.8 Å². The van der Waals surface area contributed by atoms with E-state index in [1.54, 1.807) is 11.3 Å². The average Bonchev–Trinajstić information content (AvgIpc) is 3.26. The first-order chi connectivity index (χ1) is 15.8. The van der Waals surface area contributed by atoms with Gasteiger partial charge in [-0.3, -0.25) is 0 Å². The molecule has 8 heteroatoms. The number of methoxy groups -OCH3 is 1. The van der Waals surface area contributed by atoms with Crippen LogP contribution < -0.4 is 9.46 Å². The lowest BCUT2D eigenvalue weighted by molar-refractivity contribution is 0.0691. The molecule has 174 valence electrons. The van der Waals surface area contributed by atoms with E-state index in [1.807, 2.05) is 5.38 Å². The lowest BCUT2D eigenvalue weighted by Crippen LogP contribution is -2.20. The van der Waals surface area contributed by atoms with Gasteiger partial charge in [-0.15, -0.1) is 11.3 Å². The van der Waals surface area contributed by atoms with Crippen molar-refractivity contribution in [2.45, 2.75) is 50.5 Å². The number of ether oxygens (including phenoxy) is 1. The Bertz CT molecular complexity index is 1140. The van der Waals surface area contributed by atoms with Crippen molar-refractivity contribution in [2.24, 2.45) is 5.41 Å². The van der Waals surface area contributed by atoms with Gasteiger partial charge in [0.25, 0.3) is 0 Å². The van der Waals surface area contributed by atoms with Crippen LogP contribution >= 0.6 is 23.3 Å². The molecule has 4 rings (SSSR count). The minimum Gasteiger partial charge on any atom is -0.492 e.